The van der Waals surface area contributed by atoms with Crippen LogP contribution < -0.4 is 15.0 Å². The Hall–Kier alpha value is -2.73. The fourth-order valence-corrected chi connectivity index (χ4v) is 3.25. The van der Waals surface area contributed by atoms with E-state index in [-0.39, 0.29) is 5.56 Å². The Morgan fingerprint density at radius 3 is 2.41 bits per heavy atom. The van der Waals surface area contributed by atoms with Crippen LogP contribution in [-0.2, 0) is 6.61 Å². The number of H-pyrrole nitrogens is 1. The second-order valence-corrected chi connectivity index (χ2v) is 7.07. The van der Waals surface area contributed by atoms with Crippen LogP contribution in [0.4, 0.5) is 0 Å². The van der Waals surface area contributed by atoms with Gasteiger partial charge in [-0.25, -0.2) is 4.98 Å². The molecule has 6 heteroatoms. The zero-order valence-electron chi connectivity index (χ0n) is 15.2. The number of hydrogen-bond acceptors (Lipinski definition) is 5. The molecule has 0 aliphatic carbocycles. The molecule has 0 unspecified atom stereocenters. The maximum Gasteiger partial charge on any atom is 0.251 e. The normalized spacial score (nSPS) is 10.6. The first-order valence-corrected chi connectivity index (χ1v) is 9.78. The summed E-state index contributed by atoms with van der Waals surface area (Å²) in [5.74, 6) is 2.45. The van der Waals surface area contributed by atoms with E-state index in [1.807, 2.05) is 61.5 Å². The summed E-state index contributed by atoms with van der Waals surface area (Å²) in [4.78, 5) is 18.4. The van der Waals surface area contributed by atoms with Gasteiger partial charge in [0.1, 0.15) is 18.1 Å². The Morgan fingerprint density at radius 1 is 1.00 bits per heavy atom. The predicted octanol–water partition coefficient (Wildman–Crippen LogP) is 4.22. The standard InChI is InChI=1S/C21H22N2O3S/c1-16-14-20(24)23-21(22-16)27-13-5-12-25-18-8-10-19(11-9-18)26-15-17-6-3-2-4-7-17/h2-4,6-11,14H,5,12-13,15H2,1H3,(H,22,23,24). The quantitative estimate of drug-likeness (QED) is 0.341. The lowest BCUT2D eigenvalue weighted by atomic mass is 10.2. The molecule has 5 nitrogen and oxygen atoms in total. The second-order valence-electron chi connectivity index (χ2n) is 5.99. The van der Waals surface area contributed by atoms with Crippen molar-refractivity contribution in [1.82, 2.24) is 9.97 Å². The van der Waals surface area contributed by atoms with E-state index in [9.17, 15) is 4.79 Å². The molecule has 0 bridgehead atoms. The number of thioether (sulfide) groups is 1. The fourth-order valence-electron chi connectivity index (χ4n) is 2.41. The number of aromatic amines is 1. The fraction of sp³-hybridized carbons (Fsp3) is 0.238. The van der Waals surface area contributed by atoms with Crippen molar-refractivity contribution in [2.75, 3.05) is 12.4 Å². The average molecular weight is 382 g/mol. The molecule has 1 aromatic heterocycles. The number of hydrogen-bond donors (Lipinski definition) is 1. The zero-order chi connectivity index (χ0) is 18.9. The SMILES string of the molecule is Cc1cc(=O)[nH]c(SCCCOc2ccc(OCc3ccccc3)cc2)n1. The third-order valence-electron chi connectivity index (χ3n) is 3.72. The van der Waals surface area contributed by atoms with Crippen molar-refractivity contribution in [3.63, 3.8) is 0 Å². The smallest absolute Gasteiger partial charge is 0.251 e. The molecule has 1 heterocycles. The van der Waals surface area contributed by atoms with Crippen LogP contribution in [0.25, 0.3) is 0 Å². The van der Waals surface area contributed by atoms with E-state index in [0.29, 0.717) is 18.4 Å². The minimum absolute atomic E-state index is 0.115. The predicted molar refractivity (Wildman–Crippen MR) is 108 cm³/mol. The molecule has 0 amide bonds. The summed E-state index contributed by atoms with van der Waals surface area (Å²) < 4.78 is 11.5. The molecule has 0 aliphatic rings. The van der Waals surface area contributed by atoms with Crippen LogP contribution in [0.5, 0.6) is 11.5 Å². The zero-order valence-corrected chi connectivity index (χ0v) is 16.0. The number of aromatic nitrogens is 2. The lowest BCUT2D eigenvalue weighted by Gasteiger charge is -2.09. The van der Waals surface area contributed by atoms with E-state index in [1.165, 1.54) is 17.8 Å². The first-order valence-electron chi connectivity index (χ1n) is 8.79. The molecule has 1 N–H and O–H groups in total. The summed E-state index contributed by atoms with van der Waals surface area (Å²) in [5.41, 5.74) is 1.75. The number of nitrogens with zero attached hydrogens (tertiary/aromatic N) is 1. The highest BCUT2D eigenvalue weighted by Gasteiger charge is 2.01. The Labute approximate surface area is 162 Å². The van der Waals surface area contributed by atoms with E-state index in [1.54, 1.807) is 0 Å². The van der Waals surface area contributed by atoms with E-state index in [0.717, 1.165) is 34.9 Å². The Morgan fingerprint density at radius 2 is 1.70 bits per heavy atom. The third kappa shape index (κ3) is 6.49. The van der Waals surface area contributed by atoms with Crippen LogP contribution in [0.3, 0.4) is 0 Å². The molecule has 0 saturated heterocycles. The minimum atomic E-state index is -0.115. The van der Waals surface area contributed by atoms with Crippen LogP contribution in [0.1, 0.15) is 17.7 Å². The molecule has 0 radical (unpaired) electrons. The summed E-state index contributed by atoms with van der Waals surface area (Å²) in [5, 5.41) is 0.653. The van der Waals surface area contributed by atoms with Gasteiger partial charge in [-0.05, 0) is 43.2 Å². The highest BCUT2D eigenvalue weighted by atomic mass is 32.2. The monoisotopic (exact) mass is 382 g/mol. The molecule has 140 valence electrons. The van der Waals surface area contributed by atoms with Gasteiger partial charge in [0, 0.05) is 17.5 Å². The molecule has 0 fully saturated rings. The van der Waals surface area contributed by atoms with Crippen molar-refractivity contribution in [2.24, 2.45) is 0 Å². The van der Waals surface area contributed by atoms with E-state index >= 15 is 0 Å². The molecule has 3 aromatic rings. The van der Waals surface area contributed by atoms with Crippen LogP contribution in [0, 0.1) is 6.92 Å². The Balaban J connectivity index is 1.36. The number of rotatable bonds is 9. The van der Waals surface area contributed by atoms with Crippen molar-refractivity contribution in [3.05, 3.63) is 82.3 Å². The molecule has 0 spiro atoms. The van der Waals surface area contributed by atoms with Crippen molar-refractivity contribution in [3.8, 4) is 11.5 Å². The first-order chi connectivity index (χ1) is 13.2. The van der Waals surface area contributed by atoms with Gasteiger partial charge in [0.15, 0.2) is 5.16 Å². The largest absolute Gasteiger partial charge is 0.494 e. The van der Waals surface area contributed by atoms with Crippen LogP contribution in [0.2, 0.25) is 0 Å². The van der Waals surface area contributed by atoms with Crippen LogP contribution >= 0.6 is 11.8 Å². The highest BCUT2D eigenvalue weighted by molar-refractivity contribution is 7.99. The maximum atomic E-state index is 11.4. The minimum Gasteiger partial charge on any atom is -0.494 e. The molecule has 0 aliphatic heterocycles. The van der Waals surface area contributed by atoms with Gasteiger partial charge in [-0.15, -0.1) is 0 Å². The van der Waals surface area contributed by atoms with Gasteiger partial charge in [-0.3, -0.25) is 4.79 Å². The maximum absolute atomic E-state index is 11.4. The van der Waals surface area contributed by atoms with E-state index < -0.39 is 0 Å². The lowest BCUT2D eigenvalue weighted by Crippen LogP contribution is -2.08. The molecule has 0 atom stereocenters. The Kier molecular flexibility index (Phi) is 6.93. The van der Waals surface area contributed by atoms with E-state index in [4.69, 9.17) is 9.47 Å². The van der Waals surface area contributed by atoms with Crippen molar-refractivity contribution in [2.45, 2.75) is 25.1 Å². The number of nitrogens with one attached hydrogen (secondary N) is 1. The lowest BCUT2D eigenvalue weighted by molar-refractivity contribution is 0.301. The molecule has 27 heavy (non-hydrogen) atoms. The first kappa shape index (κ1) is 19.0. The molecular formula is C21H22N2O3S. The van der Waals surface area contributed by atoms with Crippen molar-refractivity contribution < 1.29 is 9.47 Å². The summed E-state index contributed by atoms with van der Waals surface area (Å²) in [6, 6.07) is 19.2. The van der Waals surface area contributed by atoms with Gasteiger partial charge >= 0.3 is 0 Å². The van der Waals surface area contributed by atoms with Gasteiger partial charge in [-0.2, -0.15) is 0 Å². The number of aryl methyl sites for hydroxylation is 1. The summed E-state index contributed by atoms with van der Waals surface area (Å²) in [7, 11) is 0. The molecule has 2 aromatic carbocycles. The highest BCUT2D eigenvalue weighted by Crippen LogP contribution is 2.19. The van der Waals surface area contributed by atoms with Crippen LogP contribution in [0.15, 0.2) is 70.6 Å². The van der Waals surface area contributed by atoms with Gasteiger partial charge in [0.2, 0.25) is 0 Å². The molecule has 3 rings (SSSR count). The summed E-state index contributed by atoms with van der Waals surface area (Å²) in [6.07, 6.45) is 0.856. The van der Waals surface area contributed by atoms with Gasteiger partial charge in [0.05, 0.1) is 6.61 Å². The number of benzene rings is 2. The van der Waals surface area contributed by atoms with Crippen LogP contribution in [-0.4, -0.2) is 22.3 Å². The molecular weight excluding hydrogens is 360 g/mol. The van der Waals surface area contributed by atoms with Crippen molar-refractivity contribution >= 4 is 11.8 Å². The van der Waals surface area contributed by atoms with Crippen molar-refractivity contribution in [1.29, 1.82) is 0 Å². The van der Waals surface area contributed by atoms with Gasteiger partial charge in [0.25, 0.3) is 5.56 Å². The van der Waals surface area contributed by atoms with Gasteiger partial charge in [-0.1, -0.05) is 42.1 Å². The van der Waals surface area contributed by atoms with Gasteiger partial charge < -0.3 is 14.5 Å². The number of ether oxygens (including phenoxy) is 2. The average Bonchev–Trinajstić information content (AvgIpc) is 2.67. The van der Waals surface area contributed by atoms with E-state index in [2.05, 4.69) is 9.97 Å². The summed E-state index contributed by atoms with van der Waals surface area (Å²) >= 11 is 1.52. The third-order valence-corrected chi connectivity index (χ3v) is 4.68. The topological polar surface area (TPSA) is 64.2 Å². The Bertz CT molecular complexity index is 895. The summed E-state index contributed by atoms with van der Waals surface area (Å²) in [6.45, 7) is 2.97. The second kappa shape index (κ2) is 9.83. The molecule has 0 saturated carbocycles.